The number of sulfonamides is 1. The van der Waals surface area contributed by atoms with E-state index in [-0.39, 0.29) is 30.4 Å². The molecule has 1 aliphatic heterocycles. The lowest BCUT2D eigenvalue weighted by atomic mass is 10.2. The Hall–Kier alpha value is -3.46. The summed E-state index contributed by atoms with van der Waals surface area (Å²) >= 11 is 0. The minimum atomic E-state index is -4.07. The van der Waals surface area contributed by atoms with Crippen LogP contribution in [0.25, 0.3) is 10.8 Å². The van der Waals surface area contributed by atoms with Gasteiger partial charge in [-0.1, -0.05) is 24.3 Å². The van der Waals surface area contributed by atoms with Crippen LogP contribution in [-0.2, 0) is 19.6 Å². The highest BCUT2D eigenvalue weighted by Gasteiger charge is 2.26. The Morgan fingerprint density at radius 2 is 1.97 bits per heavy atom. The third-order valence-corrected chi connectivity index (χ3v) is 5.98. The van der Waals surface area contributed by atoms with Gasteiger partial charge in [0.1, 0.15) is 5.75 Å². The van der Waals surface area contributed by atoms with Gasteiger partial charge in [0.2, 0.25) is 5.91 Å². The summed E-state index contributed by atoms with van der Waals surface area (Å²) < 4.78 is 32.9. The van der Waals surface area contributed by atoms with Crippen LogP contribution in [0.15, 0.2) is 65.8 Å². The Bertz CT molecular complexity index is 1200. The van der Waals surface area contributed by atoms with Crippen molar-refractivity contribution >= 4 is 38.3 Å². The summed E-state index contributed by atoms with van der Waals surface area (Å²) in [6.07, 6.45) is 2.87. The van der Waals surface area contributed by atoms with Crippen LogP contribution < -0.4 is 14.4 Å². The summed E-state index contributed by atoms with van der Waals surface area (Å²) in [7, 11) is -4.07. The van der Waals surface area contributed by atoms with E-state index in [1.807, 2.05) is 0 Å². The van der Waals surface area contributed by atoms with Crippen LogP contribution in [-0.4, -0.2) is 38.4 Å². The number of pyridine rings is 1. The largest absolute Gasteiger partial charge is 0.482 e. The highest BCUT2D eigenvalue weighted by atomic mass is 32.2. The first-order valence-corrected chi connectivity index (χ1v) is 10.3. The SMILES string of the molecule is O=C(CCN1C(=O)COc2ccccc21)NS(=O)(=O)c1cccc2cnccc12. The van der Waals surface area contributed by atoms with Crippen molar-refractivity contribution in [3.05, 3.63) is 60.9 Å². The normalized spacial score (nSPS) is 13.7. The van der Waals surface area contributed by atoms with Gasteiger partial charge in [-0.2, -0.15) is 0 Å². The Kier molecular flexibility index (Phi) is 4.89. The maximum absolute atomic E-state index is 12.7. The first-order valence-electron chi connectivity index (χ1n) is 8.86. The number of carbonyl (C=O) groups is 2. The van der Waals surface area contributed by atoms with Crippen LogP contribution in [0.3, 0.4) is 0 Å². The predicted octanol–water partition coefficient (Wildman–Crippen LogP) is 1.86. The second kappa shape index (κ2) is 7.51. The van der Waals surface area contributed by atoms with Gasteiger partial charge in [0.05, 0.1) is 10.6 Å². The summed E-state index contributed by atoms with van der Waals surface area (Å²) in [6.45, 7) is -0.0824. The molecule has 2 amide bonds. The van der Waals surface area contributed by atoms with Crippen molar-refractivity contribution in [2.45, 2.75) is 11.3 Å². The van der Waals surface area contributed by atoms with E-state index in [1.165, 1.54) is 17.2 Å². The third-order valence-electron chi connectivity index (χ3n) is 4.55. The molecule has 2 aromatic carbocycles. The number of nitrogens with one attached hydrogen (secondary N) is 1. The van der Waals surface area contributed by atoms with E-state index in [2.05, 4.69) is 9.71 Å². The second-order valence-corrected chi connectivity index (χ2v) is 8.08. The Morgan fingerprint density at radius 1 is 1.14 bits per heavy atom. The summed E-state index contributed by atoms with van der Waals surface area (Å²) in [5.74, 6) is -0.446. The number of fused-ring (bicyclic) bond motifs is 2. The maximum atomic E-state index is 12.7. The van der Waals surface area contributed by atoms with Crippen LogP contribution in [0, 0.1) is 0 Å². The molecule has 0 saturated carbocycles. The van der Waals surface area contributed by atoms with Crippen molar-refractivity contribution in [2.24, 2.45) is 0 Å². The Labute approximate surface area is 167 Å². The summed E-state index contributed by atoms with van der Waals surface area (Å²) in [4.78, 5) is 29.9. The molecule has 0 unspecified atom stereocenters. The van der Waals surface area contributed by atoms with Crippen LogP contribution in [0.5, 0.6) is 5.75 Å². The Morgan fingerprint density at radius 3 is 2.83 bits per heavy atom. The summed E-state index contributed by atoms with van der Waals surface area (Å²) in [5.41, 5.74) is 0.556. The standard InChI is InChI=1S/C20H17N3O5S/c24-19(9-11-23-16-5-1-2-6-17(16)28-13-20(23)25)22-29(26,27)18-7-3-4-14-12-21-10-8-15(14)18/h1-8,10,12H,9,11,13H2,(H,22,24). The van der Waals surface area contributed by atoms with Crippen molar-refractivity contribution in [2.75, 3.05) is 18.1 Å². The van der Waals surface area contributed by atoms with Gasteiger partial charge in [0, 0.05) is 36.1 Å². The fraction of sp³-hybridized carbons (Fsp3) is 0.150. The van der Waals surface area contributed by atoms with Gasteiger partial charge in [-0.05, 0) is 24.3 Å². The molecule has 3 aromatic rings. The van der Waals surface area contributed by atoms with Gasteiger partial charge in [-0.15, -0.1) is 0 Å². The van der Waals surface area contributed by atoms with Gasteiger partial charge in [-0.25, -0.2) is 13.1 Å². The number of hydrogen-bond acceptors (Lipinski definition) is 6. The lowest BCUT2D eigenvalue weighted by Gasteiger charge is -2.29. The number of benzene rings is 2. The zero-order valence-electron chi connectivity index (χ0n) is 15.2. The number of anilines is 1. The zero-order chi connectivity index (χ0) is 20.4. The van der Waals surface area contributed by atoms with Crippen molar-refractivity contribution in [1.29, 1.82) is 0 Å². The fourth-order valence-electron chi connectivity index (χ4n) is 3.20. The number of carbonyl (C=O) groups excluding carboxylic acids is 2. The summed E-state index contributed by atoms with van der Waals surface area (Å²) in [5, 5.41) is 1.12. The van der Waals surface area contributed by atoms with Gasteiger partial charge in [-0.3, -0.25) is 14.6 Å². The minimum Gasteiger partial charge on any atom is -0.482 e. The van der Waals surface area contributed by atoms with Gasteiger partial charge >= 0.3 is 0 Å². The molecule has 0 atom stereocenters. The molecule has 0 bridgehead atoms. The van der Waals surface area contributed by atoms with Crippen molar-refractivity contribution in [3.63, 3.8) is 0 Å². The average molecular weight is 411 g/mol. The molecule has 4 rings (SSSR count). The molecule has 0 aliphatic carbocycles. The second-order valence-electron chi connectivity index (χ2n) is 6.43. The third kappa shape index (κ3) is 3.77. The molecule has 9 heteroatoms. The number of ether oxygens (including phenoxy) is 1. The molecule has 1 aliphatic rings. The molecule has 0 spiro atoms. The first-order chi connectivity index (χ1) is 14.0. The van der Waals surface area contributed by atoms with Crippen LogP contribution in [0.4, 0.5) is 5.69 Å². The topological polar surface area (TPSA) is 106 Å². The van der Waals surface area contributed by atoms with E-state index in [0.717, 1.165) is 0 Å². The number of aromatic nitrogens is 1. The van der Waals surface area contributed by atoms with Crippen LogP contribution in [0.2, 0.25) is 0 Å². The van der Waals surface area contributed by atoms with Gasteiger partial charge in [0.15, 0.2) is 6.61 Å². The van der Waals surface area contributed by atoms with E-state index < -0.39 is 15.9 Å². The van der Waals surface area contributed by atoms with Crippen molar-refractivity contribution in [3.8, 4) is 5.75 Å². The quantitative estimate of drug-likeness (QED) is 0.687. The molecule has 8 nitrogen and oxygen atoms in total. The van der Waals surface area contributed by atoms with Gasteiger partial charge in [0.25, 0.3) is 15.9 Å². The van der Waals surface area contributed by atoms with E-state index >= 15 is 0 Å². The number of para-hydroxylation sites is 2. The molecule has 0 saturated heterocycles. The fourth-order valence-corrected chi connectivity index (χ4v) is 4.44. The summed E-state index contributed by atoms with van der Waals surface area (Å²) in [6, 6.07) is 13.3. The molecule has 2 heterocycles. The van der Waals surface area contributed by atoms with Crippen molar-refractivity contribution < 1.29 is 22.7 Å². The molecule has 0 fully saturated rings. The number of amides is 2. The maximum Gasteiger partial charge on any atom is 0.265 e. The van der Waals surface area contributed by atoms with E-state index in [1.54, 1.807) is 48.7 Å². The minimum absolute atomic E-state index is 0.00135. The highest BCUT2D eigenvalue weighted by molar-refractivity contribution is 7.90. The number of nitrogens with zero attached hydrogens (tertiary/aromatic N) is 2. The monoisotopic (exact) mass is 411 g/mol. The molecule has 1 aromatic heterocycles. The van der Waals surface area contributed by atoms with Crippen LogP contribution >= 0.6 is 0 Å². The lowest BCUT2D eigenvalue weighted by Crippen LogP contribution is -2.41. The molecular formula is C20H17N3O5S. The van der Waals surface area contributed by atoms with Crippen LogP contribution in [0.1, 0.15) is 6.42 Å². The molecule has 0 radical (unpaired) electrons. The van der Waals surface area contributed by atoms with Crippen molar-refractivity contribution in [1.82, 2.24) is 9.71 Å². The Balaban J connectivity index is 1.49. The molecule has 29 heavy (non-hydrogen) atoms. The average Bonchev–Trinajstić information content (AvgIpc) is 2.72. The van der Waals surface area contributed by atoms with E-state index in [4.69, 9.17) is 4.74 Å². The lowest BCUT2D eigenvalue weighted by molar-refractivity contribution is -0.121. The smallest absolute Gasteiger partial charge is 0.265 e. The van der Waals surface area contributed by atoms with E-state index in [9.17, 15) is 18.0 Å². The van der Waals surface area contributed by atoms with E-state index in [0.29, 0.717) is 22.2 Å². The highest BCUT2D eigenvalue weighted by Crippen LogP contribution is 2.31. The van der Waals surface area contributed by atoms with Gasteiger partial charge < -0.3 is 9.64 Å². The zero-order valence-corrected chi connectivity index (χ0v) is 16.1. The predicted molar refractivity (Wildman–Crippen MR) is 106 cm³/mol. The number of hydrogen-bond donors (Lipinski definition) is 1. The molecular weight excluding hydrogens is 394 g/mol. The first kappa shape index (κ1) is 18.9. The molecule has 1 N–H and O–H groups in total. The molecule has 148 valence electrons. The number of rotatable bonds is 5.